The number of rotatable bonds is 6. The molecule has 2 aliphatic rings. The molecule has 0 aliphatic carbocycles. The summed E-state index contributed by atoms with van der Waals surface area (Å²) in [6, 6.07) is 3.61. The summed E-state index contributed by atoms with van der Waals surface area (Å²) in [6.07, 6.45) is 2.19. The number of urea groups is 1. The van der Waals surface area contributed by atoms with Gasteiger partial charge in [-0.3, -0.25) is 19.8 Å². The van der Waals surface area contributed by atoms with E-state index < -0.39 is 11.8 Å². The van der Waals surface area contributed by atoms with E-state index in [9.17, 15) is 18.8 Å². The Labute approximate surface area is 161 Å². The second kappa shape index (κ2) is 8.67. The van der Waals surface area contributed by atoms with Crippen molar-refractivity contribution in [3.63, 3.8) is 0 Å². The Kier molecular flexibility index (Phi) is 6.28. The predicted molar refractivity (Wildman–Crippen MR) is 97.7 cm³/mol. The Hall–Kier alpha value is -2.19. The highest BCUT2D eigenvalue weighted by atomic mass is 35.5. The highest BCUT2D eigenvalue weighted by molar-refractivity contribution is 6.31. The molecule has 2 heterocycles. The second-order valence-corrected chi connectivity index (χ2v) is 7.13. The summed E-state index contributed by atoms with van der Waals surface area (Å²) in [5.41, 5.74) is 0.377. The summed E-state index contributed by atoms with van der Waals surface area (Å²) < 4.78 is 14.4. The highest BCUT2D eigenvalue weighted by Gasteiger charge is 2.29. The van der Waals surface area contributed by atoms with Crippen LogP contribution in [0.5, 0.6) is 0 Å². The first-order chi connectivity index (χ1) is 13.0. The zero-order valence-electron chi connectivity index (χ0n) is 14.8. The minimum absolute atomic E-state index is 0.156. The van der Waals surface area contributed by atoms with Crippen molar-refractivity contribution in [3.05, 3.63) is 34.6 Å². The molecule has 2 N–H and O–H groups in total. The number of carbonyl (C=O) groups is 3. The van der Waals surface area contributed by atoms with Gasteiger partial charge in [0.25, 0.3) is 0 Å². The molecule has 3 rings (SSSR count). The van der Waals surface area contributed by atoms with E-state index in [0.717, 1.165) is 25.9 Å². The third-order valence-electron chi connectivity index (χ3n) is 4.88. The van der Waals surface area contributed by atoms with Crippen molar-refractivity contribution in [1.82, 2.24) is 20.4 Å². The van der Waals surface area contributed by atoms with Crippen LogP contribution in [0.3, 0.4) is 0 Å². The number of likely N-dealkylation sites (tertiary alicyclic amines) is 1. The van der Waals surface area contributed by atoms with Gasteiger partial charge >= 0.3 is 6.03 Å². The van der Waals surface area contributed by atoms with Gasteiger partial charge in [-0.15, -0.1) is 0 Å². The zero-order chi connectivity index (χ0) is 19.4. The number of benzene rings is 1. The Morgan fingerprint density at radius 3 is 2.67 bits per heavy atom. The van der Waals surface area contributed by atoms with E-state index in [0.29, 0.717) is 10.6 Å². The van der Waals surface area contributed by atoms with Crippen LogP contribution in [-0.2, 0) is 9.59 Å². The minimum Gasteiger partial charge on any atom is -0.353 e. The van der Waals surface area contributed by atoms with Crippen molar-refractivity contribution < 1.29 is 18.8 Å². The van der Waals surface area contributed by atoms with E-state index in [-0.39, 0.29) is 43.9 Å². The van der Waals surface area contributed by atoms with Crippen molar-refractivity contribution in [2.45, 2.75) is 25.3 Å². The van der Waals surface area contributed by atoms with Gasteiger partial charge in [-0.25, -0.2) is 9.18 Å². The molecule has 2 fully saturated rings. The first-order valence-electron chi connectivity index (χ1n) is 8.99. The van der Waals surface area contributed by atoms with Crippen LogP contribution < -0.4 is 10.6 Å². The molecule has 27 heavy (non-hydrogen) atoms. The highest BCUT2D eigenvalue weighted by Crippen LogP contribution is 2.31. The van der Waals surface area contributed by atoms with Gasteiger partial charge in [0.15, 0.2) is 0 Å². The normalized spacial score (nSPS) is 19.1. The summed E-state index contributed by atoms with van der Waals surface area (Å²) in [4.78, 5) is 38.6. The molecule has 2 saturated heterocycles. The fourth-order valence-corrected chi connectivity index (χ4v) is 3.77. The topological polar surface area (TPSA) is 81.8 Å². The fraction of sp³-hybridized carbons (Fsp3) is 0.500. The first kappa shape index (κ1) is 19.6. The van der Waals surface area contributed by atoms with Crippen molar-refractivity contribution in [3.8, 4) is 0 Å². The fourth-order valence-electron chi connectivity index (χ4n) is 3.49. The van der Waals surface area contributed by atoms with E-state index in [1.807, 2.05) is 0 Å². The summed E-state index contributed by atoms with van der Waals surface area (Å²) in [5, 5.41) is 5.29. The number of hydrogen-bond acceptors (Lipinski definition) is 4. The average Bonchev–Trinajstić information content (AvgIpc) is 3.14. The molecule has 1 unspecified atom stereocenters. The van der Waals surface area contributed by atoms with Gasteiger partial charge in [-0.05, 0) is 38.1 Å². The summed E-state index contributed by atoms with van der Waals surface area (Å²) in [5.74, 6) is -1.11. The third kappa shape index (κ3) is 4.75. The first-order valence-corrected chi connectivity index (χ1v) is 9.37. The van der Waals surface area contributed by atoms with Crippen LogP contribution in [0.2, 0.25) is 5.02 Å². The molecule has 1 atom stereocenters. The molecule has 7 nitrogen and oxygen atoms in total. The molecular formula is C18H22ClFN4O3. The van der Waals surface area contributed by atoms with E-state index in [1.165, 1.54) is 11.0 Å². The maximum atomic E-state index is 14.4. The van der Waals surface area contributed by atoms with E-state index in [2.05, 4.69) is 15.5 Å². The maximum absolute atomic E-state index is 14.4. The smallest absolute Gasteiger partial charge is 0.324 e. The van der Waals surface area contributed by atoms with Crippen LogP contribution in [0.25, 0.3) is 0 Å². The number of imide groups is 1. The number of nitrogens with zero attached hydrogens (tertiary/aromatic N) is 2. The number of nitrogens with one attached hydrogen (secondary N) is 2. The monoisotopic (exact) mass is 396 g/mol. The Bertz CT molecular complexity index is 719. The van der Waals surface area contributed by atoms with Crippen LogP contribution in [0.4, 0.5) is 9.18 Å². The number of halogens is 2. The second-order valence-electron chi connectivity index (χ2n) is 6.72. The van der Waals surface area contributed by atoms with Gasteiger partial charge in [-0.1, -0.05) is 17.7 Å². The van der Waals surface area contributed by atoms with Crippen molar-refractivity contribution in [2.75, 3.05) is 32.7 Å². The lowest BCUT2D eigenvalue weighted by atomic mass is 10.0. The van der Waals surface area contributed by atoms with Crippen LogP contribution >= 0.6 is 11.6 Å². The van der Waals surface area contributed by atoms with Gasteiger partial charge in [0.05, 0.1) is 6.04 Å². The predicted octanol–water partition coefficient (Wildman–Crippen LogP) is 1.67. The van der Waals surface area contributed by atoms with Crippen molar-refractivity contribution >= 4 is 29.4 Å². The van der Waals surface area contributed by atoms with Crippen molar-refractivity contribution in [2.24, 2.45) is 0 Å². The molecule has 0 aromatic heterocycles. The van der Waals surface area contributed by atoms with E-state index in [1.54, 1.807) is 12.1 Å². The number of hydrogen-bond donors (Lipinski definition) is 2. The van der Waals surface area contributed by atoms with Gasteiger partial charge in [0.1, 0.15) is 12.4 Å². The van der Waals surface area contributed by atoms with Gasteiger partial charge in [0.2, 0.25) is 11.8 Å². The lowest BCUT2D eigenvalue weighted by Crippen LogP contribution is -2.52. The Morgan fingerprint density at radius 2 is 2.00 bits per heavy atom. The van der Waals surface area contributed by atoms with Crippen LogP contribution in [-0.4, -0.2) is 60.4 Å². The minimum atomic E-state index is -0.574. The lowest BCUT2D eigenvalue weighted by Gasteiger charge is -2.30. The molecular weight excluding hydrogens is 375 g/mol. The third-order valence-corrected chi connectivity index (χ3v) is 5.21. The van der Waals surface area contributed by atoms with E-state index >= 15 is 0 Å². The van der Waals surface area contributed by atoms with Crippen LogP contribution in [0, 0.1) is 5.82 Å². The molecule has 0 saturated carbocycles. The van der Waals surface area contributed by atoms with Gasteiger partial charge in [0, 0.05) is 30.1 Å². The molecule has 2 aliphatic heterocycles. The van der Waals surface area contributed by atoms with Gasteiger partial charge in [-0.2, -0.15) is 0 Å². The average molecular weight is 397 g/mol. The number of amides is 4. The zero-order valence-corrected chi connectivity index (χ0v) is 15.6. The Morgan fingerprint density at radius 1 is 1.26 bits per heavy atom. The molecule has 146 valence electrons. The number of carbonyl (C=O) groups excluding carboxylic acids is 3. The quantitative estimate of drug-likeness (QED) is 0.766. The molecule has 1 aromatic carbocycles. The van der Waals surface area contributed by atoms with E-state index in [4.69, 9.17) is 11.6 Å². The standard InChI is InChI=1S/C18H22ClFN4O3/c19-12-4-3-5-13(20)17(12)14(23-7-1-2-8-23)10-21-16(26)11-24-9-6-15(25)22-18(24)27/h3-5,14H,1-2,6-11H2,(H,21,26)(H,22,25,27). The van der Waals surface area contributed by atoms with Crippen LogP contribution in [0.15, 0.2) is 18.2 Å². The summed E-state index contributed by atoms with van der Waals surface area (Å²) >= 11 is 6.23. The van der Waals surface area contributed by atoms with Gasteiger partial charge < -0.3 is 10.2 Å². The molecule has 9 heteroatoms. The molecule has 1 aromatic rings. The molecule has 0 spiro atoms. The Balaban J connectivity index is 1.65. The maximum Gasteiger partial charge on any atom is 0.324 e. The SMILES string of the molecule is O=C(CN1CCC(=O)NC1=O)NCC(c1c(F)cccc1Cl)N1CCCC1. The van der Waals surface area contributed by atoms with Crippen LogP contribution in [0.1, 0.15) is 30.9 Å². The summed E-state index contributed by atoms with van der Waals surface area (Å²) in [7, 11) is 0. The largest absolute Gasteiger partial charge is 0.353 e. The lowest BCUT2D eigenvalue weighted by molar-refractivity contribution is -0.125. The molecule has 4 amide bonds. The van der Waals surface area contributed by atoms with Crippen molar-refractivity contribution in [1.29, 1.82) is 0 Å². The molecule has 0 bridgehead atoms. The molecule has 0 radical (unpaired) electrons. The summed E-state index contributed by atoms with van der Waals surface area (Å²) in [6.45, 7) is 1.85.